The molecule has 24 heavy (non-hydrogen) atoms. The summed E-state index contributed by atoms with van der Waals surface area (Å²) < 4.78 is 1.93. The Bertz CT molecular complexity index is 828. The molecule has 0 radical (unpaired) electrons. The molecule has 1 aromatic heterocycles. The first-order valence-electron chi connectivity index (χ1n) is 8.25. The zero-order valence-electron chi connectivity index (χ0n) is 13.3. The van der Waals surface area contributed by atoms with Crippen LogP contribution in [0, 0.1) is 16.0 Å². The molecule has 2 aliphatic heterocycles. The number of benzene rings is 1. The van der Waals surface area contributed by atoms with Crippen molar-refractivity contribution in [3.05, 3.63) is 74.2 Å². The van der Waals surface area contributed by atoms with E-state index in [1.807, 2.05) is 22.8 Å². The van der Waals surface area contributed by atoms with Gasteiger partial charge < -0.3 is 4.57 Å². The third-order valence-corrected chi connectivity index (χ3v) is 5.11. The Morgan fingerprint density at radius 3 is 2.62 bits per heavy atom. The standard InChI is InChI=1S/C18H19N3O3/c22-18-3-1-2-17-15-8-14(11-20(17)18)10-19(12-15)9-13-4-6-16(7-5-13)21(23)24/h1-7,14-15H,8-12H2/t14-,15+/m0/s1. The Morgan fingerprint density at radius 2 is 1.88 bits per heavy atom. The number of fused-ring (bicyclic) bond motifs is 4. The minimum absolute atomic E-state index is 0.103. The van der Waals surface area contributed by atoms with E-state index in [0.717, 1.165) is 43.9 Å². The maximum atomic E-state index is 12.0. The molecule has 0 N–H and O–H groups in total. The second-order valence-corrected chi connectivity index (χ2v) is 6.82. The molecule has 124 valence electrons. The lowest BCUT2D eigenvalue weighted by molar-refractivity contribution is -0.384. The average molecular weight is 325 g/mol. The molecule has 0 spiro atoms. The number of likely N-dealkylation sites (tertiary alicyclic amines) is 1. The van der Waals surface area contributed by atoms with E-state index >= 15 is 0 Å². The minimum atomic E-state index is -0.371. The van der Waals surface area contributed by atoms with Crippen LogP contribution < -0.4 is 5.56 Å². The summed E-state index contributed by atoms with van der Waals surface area (Å²) >= 11 is 0. The first-order chi connectivity index (χ1) is 11.6. The molecule has 1 aromatic carbocycles. The number of nitro groups is 1. The number of non-ortho nitro benzene ring substituents is 1. The highest BCUT2D eigenvalue weighted by atomic mass is 16.6. The monoisotopic (exact) mass is 325 g/mol. The van der Waals surface area contributed by atoms with Gasteiger partial charge in [-0.15, -0.1) is 0 Å². The third-order valence-electron chi connectivity index (χ3n) is 5.11. The summed E-state index contributed by atoms with van der Waals surface area (Å²) in [7, 11) is 0. The van der Waals surface area contributed by atoms with Crippen LogP contribution in [-0.2, 0) is 13.1 Å². The zero-order valence-corrected chi connectivity index (χ0v) is 13.3. The van der Waals surface area contributed by atoms with Gasteiger partial charge in [-0.1, -0.05) is 18.2 Å². The summed E-state index contributed by atoms with van der Waals surface area (Å²) in [6.45, 7) is 3.48. The predicted octanol–water partition coefficient (Wildman–Crippen LogP) is 2.38. The molecule has 6 heteroatoms. The molecule has 2 aromatic rings. The van der Waals surface area contributed by atoms with E-state index in [-0.39, 0.29) is 16.2 Å². The highest BCUT2D eigenvalue weighted by molar-refractivity contribution is 5.33. The van der Waals surface area contributed by atoms with Gasteiger partial charge in [0.25, 0.3) is 11.2 Å². The van der Waals surface area contributed by atoms with Gasteiger partial charge in [0.1, 0.15) is 0 Å². The number of hydrogen-bond donors (Lipinski definition) is 0. The Kier molecular flexibility index (Phi) is 3.69. The summed E-state index contributed by atoms with van der Waals surface area (Å²) in [5.41, 5.74) is 2.46. The van der Waals surface area contributed by atoms with Crippen LogP contribution in [0.5, 0.6) is 0 Å². The van der Waals surface area contributed by atoms with Crippen molar-refractivity contribution < 1.29 is 4.92 Å². The van der Waals surface area contributed by atoms with Gasteiger partial charge in [-0.3, -0.25) is 19.8 Å². The van der Waals surface area contributed by atoms with Crippen LogP contribution in [0.1, 0.15) is 23.6 Å². The van der Waals surface area contributed by atoms with E-state index in [1.165, 1.54) is 0 Å². The van der Waals surface area contributed by atoms with E-state index in [4.69, 9.17) is 0 Å². The molecule has 0 aliphatic carbocycles. The van der Waals surface area contributed by atoms with Crippen molar-refractivity contribution in [2.75, 3.05) is 13.1 Å². The number of pyridine rings is 1. The fourth-order valence-corrected chi connectivity index (χ4v) is 4.11. The Balaban J connectivity index is 1.52. The first kappa shape index (κ1) is 15.1. The van der Waals surface area contributed by atoms with E-state index in [2.05, 4.69) is 11.0 Å². The summed E-state index contributed by atoms with van der Waals surface area (Å²) in [6, 6.07) is 12.4. The average Bonchev–Trinajstić information content (AvgIpc) is 2.56. The van der Waals surface area contributed by atoms with E-state index < -0.39 is 0 Å². The second-order valence-electron chi connectivity index (χ2n) is 6.82. The van der Waals surface area contributed by atoms with Gasteiger partial charge in [0.2, 0.25) is 0 Å². The van der Waals surface area contributed by atoms with E-state index in [1.54, 1.807) is 18.2 Å². The fourth-order valence-electron chi connectivity index (χ4n) is 4.11. The van der Waals surface area contributed by atoms with Crippen molar-refractivity contribution >= 4 is 5.69 Å². The Hall–Kier alpha value is -2.47. The van der Waals surface area contributed by atoms with Crippen molar-refractivity contribution in [2.24, 2.45) is 5.92 Å². The molecule has 0 amide bonds. The highest BCUT2D eigenvalue weighted by Crippen LogP contribution is 2.35. The molecule has 4 rings (SSSR count). The minimum Gasteiger partial charge on any atom is -0.312 e. The van der Waals surface area contributed by atoms with Gasteiger partial charge in [0.15, 0.2) is 0 Å². The van der Waals surface area contributed by atoms with Crippen molar-refractivity contribution in [1.82, 2.24) is 9.47 Å². The van der Waals surface area contributed by atoms with Gasteiger partial charge in [-0.25, -0.2) is 0 Å². The predicted molar refractivity (Wildman–Crippen MR) is 89.9 cm³/mol. The second kappa shape index (κ2) is 5.87. The Labute approximate surface area is 139 Å². The first-order valence-corrected chi connectivity index (χ1v) is 8.25. The molecule has 0 saturated carbocycles. The third kappa shape index (κ3) is 2.73. The molecule has 3 heterocycles. The number of nitrogens with zero attached hydrogens (tertiary/aromatic N) is 3. The number of nitro benzene ring substituents is 1. The summed E-state index contributed by atoms with van der Waals surface area (Å²) in [6.07, 6.45) is 1.14. The smallest absolute Gasteiger partial charge is 0.269 e. The van der Waals surface area contributed by atoms with Crippen molar-refractivity contribution in [2.45, 2.75) is 25.4 Å². The largest absolute Gasteiger partial charge is 0.312 e. The molecule has 0 unspecified atom stereocenters. The lowest BCUT2D eigenvalue weighted by Gasteiger charge is -2.42. The number of aromatic nitrogens is 1. The van der Waals surface area contributed by atoms with Crippen LogP contribution in [0.3, 0.4) is 0 Å². The van der Waals surface area contributed by atoms with Crippen LogP contribution in [-0.4, -0.2) is 27.5 Å². The quantitative estimate of drug-likeness (QED) is 0.642. The summed E-state index contributed by atoms with van der Waals surface area (Å²) in [5, 5.41) is 10.7. The fraction of sp³-hybridized carbons (Fsp3) is 0.389. The van der Waals surface area contributed by atoms with E-state index in [9.17, 15) is 14.9 Å². The van der Waals surface area contributed by atoms with Crippen LogP contribution >= 0.6 is 0 Å². The molecule has 6 nitrogen and oxygen atoms in total. The summed E-state index contributed by atoms with van der Waals surface area (Å²) in [5.74, 6) is 0.888. The van der Waals surface area contributed by atoms with Crippen LogP contribution in [0.15, 0.2) is 47.3 Å². The van der Waals surface area contributed by atoms with Gasteiger partial charge in [0, 0.05) is 56.0 Å². The molecular weight excluding hydrogens is 306 g/mol. The molecular formula is C18H19N3O3. The molecule has 1 fully saturated rings. The maximum absolute atomic E-state index is 12.0. The van der Waals surface area contributed by atoms with Gasteiger partial charge >= 0.3 is 0 Å². The number of piperidine rings is 1. The van der Waals surface area contributed by atoms with Crippen LogP contribution in [0.25, 0.3) is 0 Å². The zero-order chi connectivity index (χ0) is 16.7. The summed E-state index contributed by atoms with van der Waals surface area (Å²) in [4.78, 5) is 24.8. The topological polar surface area (TPSA) is 68.4 Å². The van der Waals surface area contributed by atoms with Gasteiger partial charge in [0.05, 0.1) is 4.92 Å². The van der Waals surface area contributed by atoms with E-state index in [0.29, 0.717) is 11.8 Å². The van der Waals surface area contributed by atoms with Crippen LogP contribution in [0.4, 0.5) is 5.69 Å². The van der Waals surface area contributed by atoms with Crippen LogP contribution in [0.2, 0.25) is 0 Å². The lowest BCUT2D eigenvalue weighted by atomic mass is 9.83. The lowest BCUT2D eigenvalue weighted by Crippen LogP contribution is -2.46. The van der Waals surface area contributed by atoms with Gasteiger partial charge in [-0.05, 0) is 24.0 Å². The maximum Gasteiger partial charge on any atom is 0.269 e. The Morgan fingerprint density at radius 1 is 1.08 bits per heavy atom. The normalized spacial score (nSPS) is 22.8. The van der Waals surface area contributed by atoms with Crippen molar-refractivity contribution in [3.63, 3.8) is 0 Å². The molecule has 2 aliphatic rings. The molecule has 2 atom stereocenters. The molecule has 2 bridgehead atoms. The molecule has 1 saturated heterocycles. The SMILES string of the molecule is O=c1cccc2n1C[C@H]1C[C@@H]2CN(Cc2ccc([N+](=O)[O-])cc2)C1. The number of rotatable bonds is 3. The number of hydrogen-bond acceptors (Lipinski definition) is 4. The van der Waals surface area contributed by atoms with Crippen molar-refractivity contribution in [1.29, 1.82) is 0 Å². The van der Waals surface area contributed by atoms with Gasteiger partial charge in [-0.2, -0.15) is 0 Å². The van der Waals surface area contributed by atoms with Crippen molar-refractivity contribution in [3.8, 4) is 0 Å². The highest BCUT2D eigenvalue weighted by Gasteiger charge is 2.34.